The van der Waals surface area contributed by atoms with E-state index in [0.29, 0.717) is 4.47 Å². The van der Waals surface area contributed by atoms with Crippen molar-refractivity contribution in [2.45, 2.75) is 13.8 Å². The van der Waals surface area contributed by atoms with E-state index in [1.165, 1.54) is 32.1 Å². The van der Waals surface area contributed by atoms with Crippen molar-refractivity contribution in [3.05, 3.63) is 16.6 Å². The maximum Gasteiger partial charge on any atom is 0.308 e. The fraction of sp³-hybridized carbons (Fsp3) is 0.182. The molecule has 0 fully saturated rings. The van der Waals surface area contributed by atoms with E-state index in [0.717, 1.165) is 0 Å². The molecule has 0 unspecified atom stereocenters. The largest absolute Gasteiger partial charge is 0.423 e. The second-order valence-corrected chi connectivity index (χ2v) is 4.00. The zero-order valence-corrected chi connectivity index (χ0v) is 11.1. The Labute approximate surface area is 111 Å². The van der Waals surface area contributed by atoms with E-state index in [1.807, 2.05) is 0 Å². The summed E-state index contributed by atoms with van der Waals surface area (Å²) >= 11 is 3.13. The van der Waals surface area contributed by atoms with Crippen molar-refractivity contribution >= 4 is 39.6 Å². The fourth-order valence-corrected chi connectivity index (χ4v) is 1.66. The molecule has 0 aromatic heterocycles. The number of esters is 2. The third-order valence-electron chi connectivity index (χ3n) is 1.67. The molecule has 0 aliphatic rings. The number of hydrogen-bond donors (Lipinski definition) is 0. The zero-order valence-electron chi connectivity index (χ0n) is 9.52. The van der Waals surface area contributed by atoms with Crippen molar-refractivity contribution in [2.24, 2.45) is 4.99 Å². The van der Waals surface area contributed by atoms with Gasteiger partial charge in [-0.2, -0.15) is 4.99 Å². The molecule has 0 bridgehead atoms. The van der Waals surface area contributed by atoms with Gasteiger partial charge in [0.1, 0.15) is 0 Å². The molecular formula is C11H8BrNO5. The first kappa shape index (κ1) is 14.1. The fourth-order valence-electron chi connectivity index (χ4n) is 1.15. The number of carbonyl (C=O) groups excluding carboxylic acids is 3. The highest BCUT2D eigenvalue weighted by atomic mass is 79.9. The zero-order chi connectivity index (χ0) is 13.7. The lowest BCUT2D eigenvalue weighted by Crippen LogP contribution is -2.07. The second-order valence-electron chi connectivity index (χ2n) is 3.15. The Morgan fingerprint density at radius 3 is 2.33 bits per heavy atom. The Morgan fingerprint density at radius 2 is 1.83 bits per heavy atom. The Kier molecular flexibility index (Phi) is 4.76. The average molecular weight is 314 g/mol. The molecule has 0 spiro atoms. The highest BCUT2D eigenvalue weighted by molar-refractivity contribution is 9.10. The van der Waals surface area contributed by atoms with Crippen LogP contribution in [0.1, 0.15) is 13.8 Å². The van der Waals surface area contributed by atoms with Crippen LogP contribution in [0.3, 0.4) is 0 Å². The highest BCUT2D eigenvalue weighted by Gasteiger charge is 2.15. The molecule has 6 nitrogen and oxygen atoms in total. The Balaban J connectivity index is 3.33. The van der Waals surface area contributed by atoms with E-state index in [2.05, 4.69) is 20.9 Å². The summed E-state index contributed by atoms with van der Waals surface area (Å²) in [5.74, 6) is -1.14. The van der Waals surface area contributed by atoms with Gasteiger partial charge < -0.3 is 9.47 Å². The second kappa shape index (κ2) is 6.09. The third kappa shape index (κ3) is 3.80. The Morgan fingerprint density at radius 1 is 1.22 bits per heavy atom. The van der Waals surface area contributed by atoms with Crippen LogP contribution in [0, 0.1) is 0 Å². The normalized spacial score (nSPS) is 9.28. The van der Waals surface area contributed by atoms with E-state index in [4.69, 9.17) is 9.47 Å². The standard InChI is InChI=1S/C11H8BrNO5/c1-6(15)17-10-4-8(13-5-14)3-9(12)11(10)18-7(2)16/h3-4H,1-2H3. The molecule has 1 aromatic carbocycles. The molecule has 0 aliphatic heterocycles. The lowest BCUT2D eigenvalue weighted by atomic mass is 10.3. The van der Waals surface area contributed by atoms with Crippen LogP contribution in [-0.2, 0) is 14.4 Å². The quantitative estimate of drug-likeness (QED) is 0.370. The summed E-state index contributed by atoms with van der Waals surface area (Å²) in [6, 6.07) is 2.71. The minimum Gasteiger partial charge on any atom is -0.423 e. The van der Waals surface area contributed by atoms with Gasteiger partial charge in [-0.1, -0.05) is 0 Å². The molecule has 0 atom stereocenters. The number of aliphatic imine (C=N–C) groups is 1. The van der Waals surface area contributed by atoms with Crippen LogP contribution >= 0.6 is 15.9 Å². The minimum atomic E-state index is -0.595. The van der Waals surface area contributed by atoms with E-state index in [1.54, 1.807) is 0 Å². The van der Waals surface area contributed by atoms with Gasteiger partial charge in [-0.15, -0.1) is 0 Å². The lowest BCUT2D eigenvalue weighted by Gasteiger charge is -2.10. The maximum atomic E-state index is 10.9. The molecule has 1 aromatic rings. The number of halogens is 1. The van der Waals surface area contributed by atoms with E-state index in [-0.39, 0.29) is 17.2 Å². The Bertz CT molecular complexity index is 549. The van der Waals surface area contributed by atoms with Gasteiger partial charge in [0.2, 0.25) is 6.08 Å². The van der Waals surface area contributed by atoms with Gasteiger partial charge in [-0.3, -0.25) is 9.59 Å². The molecule has 0 saturated carbocycles. The van der Waals surface area contributed by atoms with Crippen LogP contribution in [0.15, 0.2) is 21.6 Å². The summed E-state index contributed by atoms with van der Waals surface area (Å²) in [7, 11) is 0. The van der Waals surface area contributed by atoms with Gasteiger partial charge in [0.25, 0.3) is 0 Å². The number of benzene rings is 1. The van der Waals surface area contributed by atoms with Crippen LogP contribution < -0.4 is 9.47 Å². The lowest BCUT2D eigenvalue weighted by molar-refractivity contribution is -0.134. The summed E-state index contributed by atoms with van der Waals surface area (Å²) < 4.78 is 10.1. The first-order chi connectivity index (χ1) is 8.43. The predicted molar refractivity (Wildman–Crippen MR) is 64.5 cm³/mol. The van der Waals surface area contributed by atoms with Crippen molar-refractivity contribution < 1.29 is 23.9 Å². The highest BCUT2D eigenvalue weighted by Crippen LogP contribution is 2.39. The summed E-state index contributed by atoms with van der Waals surface area (Å²) in [5, 5.41) is 0. The SMILES string of the molecule is CC(=O)Oc1cc(N=C=O)cc(Br)c1OC(C)=O. The molecule has 1 rings (SSSR count). The van der Waals surface area contributed by atoms with Crippen LogP contribution in [0.5, 0.6) is 11.5 Å². The molecule has 0 saturated heterocycles. The molecule has 18 heavy (non-hydrogen) atoms. The van der Waals surface area contributed by atoms with Crippen LogP contribution in [0.2, 0.25) is 0 Å². The molecule has 0 aliphatic carbocycles. The van der Waals surface area contributed by atoms with Crippen molar-refractivity contribution in [1.29, 1.82) is 0 Å². The molecule has 0 radical (unpaired) electrons. The van der Waals surface area contributed by atoms with Gasteiger partial charge in [-0.05, 0) is 22.0 Å². The van der Waals surface area contributed by atoms with E-state index >= 15 is 0 Å². The van der Waals surface area contributed by atoms with Crippen molar-refractivity contribution in [1.82, 2.24) is 0 Å². The van der Waals surface area contributed by atoms with E-state index < -0.39 is 11.9 Å². The average Bonchev–Trinajstić information content (AvgIpc) is 2.22. The first-order valence-electron chi connectivity index (χ1n) is 4.72. The number of ether oxygens (including phenoxy) is 2. The molecule has 0 heterocycles. The van der Waals surface area contributed by atoms with E-state index in [9.17, 15) is 14.4 Å². The van der Waals surface area contributed by atoms with Crippen molar-refractivity contribution in [3.8, 4) is 11.5 Å². The van der Waals surface area contributed by atoms with Gasteiger partial charge in [0.15, 0.2) is 11.5 Å². The maximum absolute atomic E-state index is 10.9. The number of hydrogen-bond acceptors (Lipinski definition) is 6. The number of nitrogens with zero attached hydrogens (tertiary/aromatic N) is 1. The van der Waals surface area contributed by atoms with Crippen LogP contribution in [-0.4, -0.2) is 18.0 Å². The number of carbonyl (C=O) groups is 2. The molecule has 0 amide bonds. The van der Waals surface area contributed by atoms with Crippen molar-refractivity contribution in [2.75, 3.05) is 0 Å². The summed E-state index contributed by atoms with van der Waals surface area (Å²) in [4.78, 5) is 35.5. The molecule has 94 valence electrons. The van der Waals surface area contributed by atoms with Gasteiger partial charge in [-0.25, -0.2) is 4.79 Å². The van der Waals surface area contributed by atoms with Crippen molar-refractivity contribution in [3.63, 3.8) is 0 Å². The monoisotopic (exact) mass is 313 g/mol. The smallest absolute Gasteiger partial charge is 0.308 e. The minimum absolute atomic E-state index is 0.0129. The summed E-state index contributed by atoms with van der Waals surface area (Å²) in [6.07, 6.45) is 1.36. The predicted octanol–water partition coefficient (Wildman–Crippen LogP) is 2.27. The van der Waals surface area contributed by atoms with Crippen LogP contribution in [0.4, 0.5) is 5.69 Å². The summed E-state index contributed by atoms with van der Waals surface area (Å²) in [6.45, 7) is 2.41. The first-order valence-corrected chi connectivity index (χ1v) is 5.51. The number of rotatable bonds is 3. The summed E-state index contributed by atoms with van der Waals surface area (Å²) in [5.41, 5.74) is 0.212. The van der Waals surface area contributed by atoms with Gasteiger partial charge >= 0.3 is 11.9 Å². The Hall–Kier alpha value is -1.98. The van der Waals surface area contributed by atoms with Gasteiger partial charge in [0, 0.05) is 19.9 Å². The third-order valence-corrected chi connectivity index (χ3v) is 2.26. The topological polar surface area (TPSA) is 82.0 Å². The molecular weight excluding hydrogens is 306 g/mol. The van der Waals surface area contributed by atoms with Crippen LogP contribution in [0.25, 0.3) is 0 Å². The van der Waals surface area contributed by atoms with Gasteiger partial charge in [0.05, 0.1) is 10.2 Å². The molecule has 7 heteroatoms. The molecule has 0 N–H and O–H groups in total. The number of isocyanates is 1.